The quantitative estimate of drug-likeness (QED) is 0.159. The average Bonchev–Trinajstić information content (AvgIpc) is 3.89. The molecule has 0 atom stereocenters. The Morgan fingerprint density at radius 1 is 0.400 bits per heavy atom. The summed E-state index contributed by atoms with van der Waals surface area (Å²) in [4.78, 5) is 6.47. The summed E-state index contributed by atoms with van der Waals surface area (Å²) in [6, 6.07) is 63.7. The first-order valence-electron chi connectivity index (χ1n) is 27.2. The van der Waals surface area contributed by atoms with Crippen LogP contribution in [0.5, 0.6) is 0 Å². The number of fused-ring (bicyclic) bond motifs is 9. The van der Waals surface area contributed by atoms with Crippen LogP contribution in [0.25, 0.3) is 48.0 Å². The normalized spacial score (nSPS) is 13.7. The summed E-state index contributed by atoms with van der Waals surface area (Å²) >= 11 is 1.94. The van der Waals surface area contributed by atoms with Gasteiger partial charge in [-0.2, -0.15) is 0 Å². The van der Waals surface area contributed by atoms with Crippen molar-refractivity contribution < 1.29 is 0 Å². The molecule has 0 bridgehead atoms. The van der Waals surface area contributed by atoms with Crippen molar-refractivity contribution in [1.82, 2.24) is 4.57 Å². The van der Waals surface area contributed by atoms with Gasteiger partial charge in [-0.25, -0.2) is 0 Å². The number of aromatic nitrogens is 1. The lowest BCUT2D eigenvalue weighted by Crippen LogP contribution is -2.60. The molecule has 2 aliphatic heterocycles. The zero-order valence-corrected chi connectivity index (χ0v) is 47.7. The minimum atomic E-state index is -0.148. The molecule has 0 fully saturated rings. The lowest BCUT2D eigenvalue weighted by atomic mass is 9.33. The highest BCUT2D eigenvalue weighted by Gasteiger charge is 2.45. The molecule has 0 unspecified atom stereocenters. The van der Waals surface area contributed by atoms with Crippen LogP contribution >= 0.6 is 11.3 Å². The van der Waals surface area contributed by atoms with E-state index in [1.54, 1.807) is 0 Å². The van der Waals surface area contributed by atoms with Gasteiger partial charge in [0.1, 0.15) is 4.83 Å². The Labute approximate surface area is 451 Å². The van der Waals surface area contributed by atoms with Crippen LogP contribution in [0, 0.1) is 0 Å². The van der Waals surface area contributed by atoms with Crippen molar-refractivity contribution in [2.24, 2.45) is 0 Å². The zero-order valence-electron chi connectivity index (χ0n) is 46.9. The van der Waals surface area contributed by atoms with Crippen molar-refractivity contribution >= 4 is 99.8 Å². The second-order valence-electron chi connectivity index (χ2n) is 26.8. The van der Waals surface area contributed by atoms with E-state index < -0.39 is 0 Å². The van der Waals surface area contributed by atoms with E-state index in [2.05, 4.69) is 282 Å². The van der Waals surface area contributed by atoms with Crippen LogP contribution in [0.15, 0.2) is 164 Å². The van der Waals surface area contributed by atoms with Gasteiger partial charge in [-0.1, -0.05) is 195 Å². The van der Waals surface area contributed by atoms with Gasteiger partial charge >= 0.3 is 0 Å². The molecule has 0 saturated carbocycles. The van der Waals surface area contributed by atoms with Crippen LogP contribution < -0.4 is 26.2 Å². The van der Waals surface area contributed by atoms with Crippen molar-refractivity contribution in [3.05, 3.63) is 192 Å². The maximum Gasteiger partial charge on any atom is 0.252 e. The molecule has 0 N–H and O–H groups in total. The summed E-state index contributed by atoms with van der Waals surface area (Å²) in [5.74, 6) is 0. The lowest BCUT2D eigenvalue weighted by Gasteiger charge is -2.43. The second kappa shape index (κ2) is 16.8. The Bertz CT molecular complexity index is 3840. The predicted octanol–water partition coefficient (Wildman–Crippen LogP) is 18.2. The molecule has 0 aliphatic carbocycles. The number of hydrogen-bond donors (Lipinski definition) is 0. The Balaban J connectivity index is 1.23. The number of benzene rings is 8. The van der Waals surface area contributed by atoms with Crippen molar-refractivity contribution in [2.45, 2.75) is 131 Å². The minimum Gasteiger partial charge on any atom is -0.311 e. The fourth-order valence-corrected chi connectivity index (χ4v) is 13.2. The molecule has 10 aromatic rings. The van der Waals surface area contributed by atoms with Gasteiger partial charge in [-0.15, -0.1) is 11.3 Å². The third-order valence-corrected chi connectivity index (χ3v) is 17.5. The van der Waals surface area contributed by atoms with Gasteiger partial charge < -0.3 is 14.4 Å². The summed E-state index contributed by atoms with van der Waals surface area (Å²) in [6.07, 6.45) is 0. The Kier molecular flexibility index (Phi) is 11.0. The molecule has 0 radical (unpaired) electrons. The number of nitrogens with zero attached hydrogens (tertiary/aromatic N) is 3. The highest BCUT2D eigenvalue weighted by Crippen LogP contribution is 2.51. The largest absolute Gasteiger partial charge is 0.311 e. The SMILES string of the molecule is CC(C)(C)c1ccc(N(c2ccc(C(C)(C)C)cc2)c2ccc3c(c2)N(c2ccc(C(C)(C)C)cc2-c2ccccc2)c2cc(C(C)(C)C)cc4c2B3c2cc(C(C)(C)C)cc3c5c6ccccc6sc5n-4c23)cc1. The number of thiophene rings is 1. The molecule has 8 aromatic carbocycles. The first kappa shape index (κ1) is 49.1. The number of rotatable bonds is 5. The zero-order chi connectivity index (χ0) is 52.9. The third-order valence-electron chi connectivity index (χ3n) is 16.4. The highest BCUT2D eigenvalue weighted by molar-refractivity contribution is 7.26. The smallest absolute Gasteiger partial charge is 0.252 e. The Morgan fingerprint density at radius 3 is 1.53 bits per heavy atom. The summed E-state index contributed by atoms with van der Waals surface area (Å²) in [5.41, 5.74) is 22.5. The summed E-state index contributed by atoms with van der Waals surface area (Å²) < 4.78 is 4.01. The molecule has 376 valence electrons. The van der Waals surface area contributed by atoms with E-state index in [9.17, 15) is 0 Å². The Hall–Kier alpha value is -6.82. The molecular formula is C70H72BN3S. The van der Waals surface area contributed by atoms with Crippen LogP contribution in [0.2, 0.25) is 0 Å². The van der Waals surface area contributed by atoms with Crippen molar-refractivity contribution in [3.8, 4) is 16.8 Å². The molecule has 0 saturated heterocycles. The molecule has 2 aromatic heterocycles. The molecule has 0 spiro atoms. The first-order chi connectivity index (χ1) is 35.4. The maximum absolute atomic E-state index is 2.68. The number of anilines is 6. The van der Waals surface area contributed by atoms with Gasteiger partial charge in [0, 0.05) is 60.5 Å². The fourth-order valence-electron chi connectivity index (χ4n) is 11.9. The van der Waals surface area contributed by atoms with E-state index >= 15 is 0 Å². The van der Waals surface area contributed by atoms with Gasteiger partial charge in [0.25, 0.3) is 6.71 Å². The van der Waals surface area contributed by atoms with Gasteiger partial charge in [0.05, 0.1) is 11.2 Å². The second-order valence-corrected chi connectivity index (χ2v) is 27.8. The Morgan fingerprint density at radius 2 is 0.933 bits per heavy atom. The van der Waals surface area contributed by atoms with E-state index in [0.29, 0.717) is 0 Å². The summed E-state index contributed by atoms with van der Waals surface area (Å²) in [5, 5.41) is 4.06. The van der Waals surface area contributed by atoms with E-state index in [1.165, 1.54) is 109 Å². The fraction of sp³-hybridized carbons (Fsp3) is 0.286. The predicted molar refractivity (Wildman–Crippen MR) is 329 cm³/mol. The summed E-state index contributed by atoms with van der Waals surface area (Å²) in [7, 11) is 0. The van der Waals surface area contributed by atoms with E-state index in [4.69, 9.17) is 0 Å². The van der Waals surface area contributed by atoms with Crippen LogP contribution in [0.4, 0.5) is 34.1 Å². The van der Waals surface area contributed by atoms with Crippen LogP contribution in [-0.4, -0.2) is 11.3 Å². The van der Waals surface area contributed by atoms with Gasteiger partial charge in [-0.3, -0.25) is 0 Å². The topological polar surface area (TPSA) is 11.4 Å². The first-order valence-corrected chi connectivity index (χ1v) is 28.0. The van der Waals surface area contributed by atoms with Crippen LogP contribution in [-0.2, 0) is 27.1 Å². The van der Waals surface area contributed by atoms with Gasteiger partial charge in [0.2, 0.25) is 0 Å². The van der Waals surface area contributed by atoms with Crippen molar-refractivity contribution in [1.29, 1.82) is 0 Å². The van der Waals surface area contributed by atoms with Crippen LogP contribution in [0.1, 0.15) is 132 Å². The molecule has 5 heteroatoms. The van der Waals surface area contributed by atoms with Crippen molar-refractivity contribution in [2.75, 3.05) is 9.80 Å². The van der Waals surface area contributed by atoms with E-state index in [1.807, 2.05) is 11.3 Å². The molecule has 0 amide bonds. The van der Waals surface area contributed by atoms with Crippen LogP contribution in [0.3, 0.4) is 0 Å². The molecule has 2 aliphatic rings. The standard InChI is InChI=1S/C70H72BN3S/c1-66(2,3)44-25-30-49(31-26-44)72(50-32-27-45(28-33-50)67(4,5)6)51-34-35-55-58(42-51)73(57-36-29-46(68(7,8)9)37-53(57)43-21-17-16-18-22-43)59-40-48(70(13,14)15)41-60-63(59)71(55)56-39-47(69(10,11)12)38-54-62-52-23-19-20-24-61(52)75-65(62)74(60)64(54)56/h16-42H,1-15H3. The molecule has 3 nitrogen and oxygen atoms in total. The van der Waals surface area contributed by atoms with Crippen molar-refractivity contribution in [3.63, 3.8) is 0 Å². The van der Waals surface area contributed by atoms with Gasteiger partial charge in [0.15, 0.2) is 0 Å². The highest BCUT2D eigenvalue weighted by atomic mass is 32.1. The molecule has 12 rings (SSSR count). The van der Waals surface area contributed by atoms with E-state index in [-0.39, 0.29) is 33.8 Å². The molecular weight excluding hydrogens is 926 g/mol. The average molecular weight is 998 g/mol. The lowest BCUT2D eigenvalue weighted by molar-refractivity contribution is 0.589. The maximum atomic E-state index is 2.68. The third kappa shape index (κ3) is 8.06. The minimum absolute atomic E-state index is 0.0268. The monoisotopic (exact) mass is 998 g/mol. The van der Waals surface area contributed by atoms with Gasteiger partial charge in [-0.05, 0) is 150 Å². The van der Waals surface area contributed by atoms with E-state index in [0.717, 1.165) is 17.1 Å². The molecule has 4 heterocycles. The number of hydrogen-bond acceptors (Lipinski definition) is 3. The summed E-state index contributed by atoms with van der Waals surface area (Å²) in [6.45, 7) is 35.0. The molecule has 75 heavy (non-hydrogen) atoms.